The zero-order valence-corrected chi connectivity index (χ0v) is 13.4. The zero-order valence-electron chi connectivity index (χ0n) is 12.6. The number of hydrogen-bond donors (Lipinski definition) is 2. The molecular weight excluding hydrogens is 280 g/mol. The van der Waals surface area contributed by atoms with Gasteiger partial charge in [0.15, 0.2) is 0 Å². The molecule has 0 saturated heterocycles. The van der Waals surface area contributed by atoms with E-state index in [0.29, 0.717) is 39.5 Å². The highest BCUT2D eigenvalue weighted by molar-refractivity contribution is 7.80. The molecule has 0 saturated carbocycles. The topological polar surface area (TPSA) is 67.9 Å². The van der Waals surface area contributed by atoms with Gasteiger partial charge in [0.05, 0.1) is 13.2 Å². The van der Waals surface area contributed by atoms with Gasteiger partial charge in [-0.1, -0.05) is 0 Å². The van der Waals surface area contributed by atoms with Crippen molar-refractivity contribution >= 4 is 24.4 Å². The zero-order chi connectivity index (χ0) is 15.4. The predicted octanol–water partition coefficient (Wildman–Crippen LogP) is 0.323. The quantitative estimate of drug-likeness (QED) is 0.426. The van der Waals surface area contributed by atoms with Crippen LogP contribution in [0.3, 0.4) is 0 Å². The van der Waals surface area contributed by atoms with Gasteiger partial charge in [0.25, 0.3) is 0 Å². The summed E-state index contributed by atoms with van der Waals surface area (Å²) in [5.41, 5.74) is 0. The van der Waals surface area contributed by atoms with Gasteiger partial charge >= 0.3 is 0 Å². The molecule has 1 unspecified atom stereocenters. The Labute approximate surface area is 126 Å². The summed E-state index contributed by atoms with van der Waals surface area (Å²) in [7, 11) is 0. The second kappa shape index (κ2) is 12.0. The van der Waals surface area contributed by atoms with Gasteiger partial charge < -0.3 is 19.7 Å². The average Bonchev–Trinajstić information content (AvgIpc) is 2.42. The Hall–Kier alpha value is -0.790. The Morgan fingerprint density at radius 1 is 1.15 bits per heavy atom. The van der Waals surface area contributed by atoms with Gasteiger partial charge in [-0.15, -0.1) is 0 Å². The van der Waals surface area contributed by atoms with Gasteiger partial charge in [-0.05, 0) is 13.8 Å². The van der Waals surface area contributed by atoms with Crippen molar-refractivity contribution in [1.29, 1.82) is 0 Å². The van der Waals surface area contributed by atoms with Crippen LogP contribution < -0.4 is 5.32 Å². The molecule has 118 valence electrons. The van der Waals surface area contributed by atoms with Gasteiger partial charge in [-0.25, -0.2) is 0 Å². The first-order valence-electron chi connectivity index (χ1n) is 6.89. The van der Waals surface area contributed by atoms with Crippen LogP contribution in [-0.2, 0) is 19.1 Å². The Morgan fingerprint density at radius 2 is 1.65 bits per heavy atom. The maximum atomic E-state index is 12.3. The number of carbonyl (C=O) groups is 2. The molecule has 0 fully saturated rings. The maximum Gasteiger partial charge on any atom is 0.246 e. The highest BCUT2D eigenvalue weighted by Crippen LogP contribution is 1.99. The molecule has 0 aromatic rings. The molecular formula is C13H26N2O4S. The fourth-order valence-corrected chi connectivity index (χ4v) is 1.87. The van der Waals surface area contributed by atoms with Crippen molar-refractivity contribution in [3.05, 3.63) is 0 Å². The number of hydrogen-bond acceptors (Lipinski definition) is 5. The van der Waals surface area contributed by atoms with E-state index >= 15 is 0 Å². The largest absolute Gasteiger partial charge is 0.380 e. The Bertz CT molecular complexity index is 280. The molecule has 0 aromatic heterocycles. The molecule has 0 radical (unpaired) electrons. The summed E-state index contributed by atoms with van der Waals surface area (Å²) in [6, 6.07) is -0.612. The molecule has 0 aliphatic heterocycles. The monoisotopic (exact) mass is 306 g/mol. The van der Waals surface area contributed by atoms with Crippen molar-refractivity contribution in [3.63, 3.8) is 0 Å². The van der Waals surface area contributed by atoms with E-state index in [2.05, 4.69) is 17.9 Å². The molecule has 0 rings (SSSR count). The number of rotatable bonds is 11. The Balaban J connectivity index is 4.51. The third-order valence-corrected chi connectivity index (χ3v) is 2.95. The Kier molecular flexibility index (Phi) is 11.5. The van der Waals surface area contributed by atoms with Crippen molar-refractivity contribution < 1.29 is 19.1 Å². The number of amides is 2. The SMILES string of the molecule is CCOCCN(CCOCC)C(=O)C(CS)NC(C)=O. The highest BCUT2D eigenvalue weighted by atomic mass is 32.1. The number of nitrogens with zero attached hydrogens (tertiary/aromatic N) is 1. The lowest BCUT2D eigenvalue weighted by molar-refractivity contribution is -0.136. The molecule has 1 N–H and O–H groups in total. The Morgan fingerprint density at radius 3 is 2.00 bits per heavy atom. The average molecular weight is 306 g/mol. The van der Waals surface area contributed by atoms with Gasteiger partial charge in [0.2, 0.25) is 11.8 Å². The summed E-state index contributed by atoms with van der Waals surface area (Å²) in [5.74, 6) is -0.139. The summed E-state index contributed by atoms with van der Waals surface area (Å²) in [4.78, 5) is 25.1. The molecule has 7 heteroatoms. The van der Waals surface area contributed by atoms with E-state index in [1.165, 1.54) is 6.92 Å². The van der Waals surface area contributed by atoms with E-state index in [-0.39, 0.29) is 17.6 Å². The number of carbonyl (C=O) groups excluding carboxylic acids is 2. The maximum absolute atomic E-state index is 12.3. The normalized spacial score (nSPS) is 12.0. The van der Waals surface area contributed by atoms with Crippen LogP contribution in [0.25, 0.3) is 0 Å². The van der Waals surface area contributed by atoms with E-state index in [0.717, 1.165) is 0 Å². The second-order valence-corrected chi connectivity index (χ2v) is 4.52. The fourth-order valence-electron chi connectivity index (χ4n) is 1.62. The minimum atomic E-state index is -0.612. The number of nitrogens with one attached hydrogen (secondary N) is 1. The van der Waals surface area contributed by atoms with E-state index in [1.807, 2.05) is 13.8 Å². The highest BCUT2D eigenvalue weighted by Gasteiger charge is 2.23. The predicted molar refractivity (Wildman–Crippen MR) is 81.0 cm³/mol. The van der Waals surface area contributed by atoms with Crippen LogP contribution in [0.15, 0.2) is 0 Å². The van der Waals surface area contributed by atoms with E-state index in [4.69, 9.17) is 9.47 Å². The molecule has 0 spiro atoms. The van der Waals surface area contributed by atoms with Gasteiger partial charge in [-0.2, -0.15) is 12.6 Å². The molecule has 0 aliphatic carbocycles. The van der Waals surface area contributed by atoms with Crippen LogP contribution in [0.5, 0.6) is 0 Å². The molecule has 6 nitrogen and oxygen atoms in total. The fraction of sp³-hybridized carbons (Fsp3) is 0.846. The van der Waals surface area contributed by atoms with Crippen LogP contribution in [0.2, 0.25) is 0 Å². The van der Waals surface area contributed by atoms with Crippen LogP contribution in [-0.4, -0.2) is 68.0 Å². The van der Waals surface area contributed by atoms with E-state index in [1.54, 1.807) is 4.90 Å². The summed E-state index contributed by atoms with van der Waals surface area (Å²) >= 11 is 4.12. The minimum Gasteiger partial charge on any atom is -0.380 e. The summed E-state index contributed by atoms with van der Waals surface area (Å²) in [6.07, 6.45) is 0. The van der Waals surface area contributed by atoms with Crippen molar-refractivity contribution in [2.24, 2.45) is 0 Å². The lowest BCUT2D eigenvalue weighted by Gasteiger charge is -2.27. The number of thiol groups is 1. The number of ether oxygens (including phenoxy) is 2. The van der Waals surface area contributed by atoms with Crippen LogP contribution in [0.4, 0.5) is 0 Å². The molecule has 2 amide bonds. The van der Waals surface area contributed by atoms with Crippen LogP contribution in [0, 0.1) is 0 Å². The van der Waals surface area contributed by atoms with Gasteiger partial charge in [0.1, 0.15) is 6.04 Å². The molecule has 0 aromatic carbocycles. The molecule has 0 heterocycles. The lowest BCUT2D eigenvalue weighted by Crippen LogP contribution is -2.50. The molecule has 1 atom stereocenters. The smallest absolute Gasteiger partial charge is 0.246 e. The standard InChI is InChI=1S/C13H26N2O4S/c1-4-18-8-6-15(7-9-19-5-2)13(17)12(10-20)14-11(3)16/h12,20H,4-10H2,1-3H3,(H,14,16). The van der Waals surface area contributed by atoms with Gasteiger partial charge in [0, 0.05) is 39.0 Å². The van der Waals surface area contributed by atoms with Crippen LogP contribution in [0.1, 0.15) is 20.8 Å². The third-order valence-electron chi connectivity index (χ3n) is 2.59. The van der Waals surface area contributed by atoms with E-state index < -0.39 is 6.04 Å². The second-order valence-electron chi connectivity index (χ2n) is 4.15. The summed E-state index contributed by atoms with van der Waals surface area (Å²) < 4.78 is 10.5. The minimum absolute atomic E-state index is 0.158. The van der Waals surface area contributed by atoms with Crippen molar-refractivity contribution in [3.8, 4) is 0 Å². The first kappa shape index (κ1) is 19.2. The lowest BCUT2D eigenvalue weighted by atomic mass is 10.2. The van der Waals surface area contributed by atoms with Crippen LogP contribution >= 0.6 is 12.6 Å². The summed E-state index contributed by atoms with van der Waals surface area (Å²) in [5, 5.41) is 2.60. The van der Waals surface area contributed by atoms with E-state index in [9.17, 15) is 9.59 Å². The van der Waals surface area contributed by atoms with Crippen molar-refractivity contribution in [2.75, 3.05) is 45.3 Å². The summed E-state index contributed by atoms with van der Waals surface area (Å²) in [6.45, 7) is 8.29. The molecule has 0 bridgehead atoms. The molecule has 0 aliphatic rings. The first-order chi connectivity index (χ1) is 9.56. The van der Waals surface area contributed by atoms with Crippen molar-refractivity contribution in [2.45, 2.75) is 26.8 Å². The van der Waals surface area contributed by atoms with Crippen molar-refractivity contribution in [1.82, 2.24) is 10.2 Å². The third kappa shape index (κ3) is 8.39. The molecule has 20 heavy (non-hydrogen) atoms. The first-order valence-corrected chi connectivity index (χ1v) is 7.52. The van der Waals surface area contributed by atoms with Gasteiger partial charge in [-0.3, -0.25) is 9.59 Å².